The molecule has 11 heteroatoms. The van der Waals surface area contributed by atoms with Crippen LogP contribution < -0.4 is 9.16 Å². The van der Waals surface area contributed by atoms with Gasteiger partial charge in [0.25, 0.3) is 8.32 Å². The topological polar surface area (TPSA) is 108 Å². The molecule has 0 saturated carbocycles. The minimum Gasteiger partial charge on any atom is -0.543 e. The Morgan fingerprint density at radius 3 is 2.05 bits per heavy atom. The van der Waals surface area contributed by atoms with Gasteiger partial charge in [-0.1, -0.05) is 46.7 Å². The molecular weight excluding hydrogens is 557 g/mol. The molecule has 0 aliphatic rings. The Hall–Kier alpha value is -3.44. The van der Waals surface area contributed by atoms with Crippen molar-refractivity contribution in [1.82, 2.24) is 10.1 Å². The summed E-state index contributed by atoms with van der Waals surface area (Å²) in [5.41, 5.74) is 3.79. The van der Waals surface area contributed by atoms with E-state index in [1.54, 1.807) is 14.0 Å². The molecule has 1 heterocycles. The number of aliphatic imine (C=N–C) groups is 2. The molecule has 0 unspecified atom stereocenters. The number of aromatic nitrogens is 2. The summed E-state index contributed by atoms with van der Waals surface area (Å²) in [7, 11) is 0.650. The molecule has 0 aliphatic carbocycles. The van der Waals surface area contributed by atoms with Gasteiger partial charge in [0.1, 0.15) is 22.3 Å². The number of hydrogen-bond donors (Lipinski definition) is 0. The number of carbonyl (C=O) groups excluding carboxylic acids is 1. The molecule has 0 atom stereocenters. The third kappa shape index (κ3) is 7.45. The van der Waals surface area contributed by atoms with E-state index in [1.807, 2.05) is 48.7 Å². The largest absolute Gasteiger partial charge is 0.543 e. The number of rotatable bonds is 10. The Balaban J connectivity index is 2.19. The number of amides is 1. The van der Waals surface area contributed by atoms with Gasteiger partial charge >= 0.3 is 6.09 Å². The predicted molar refractivity (Wildman–Crippen MR) is 169 cm³/mol. The van der Waals surface area contributed by atoms with Crippen molar-refractivity contribution in [3.05, 3.63) is 53.9 Å². The van der Waals surface area contributed by atoms with Gasteiger partial charge in [-0.3, -0.25) is 0 Å². The number of benzene rings is 2. The van der Waals surface area contributed by atoms with Crippen LogP contribution in [0.1, 0.15) is 53.0 Å². The highest BCUT2D eigenvalue weighted by atomic mass is 32.2. The Kier molecular flexibility index (Phi) is 10.9. The minimum absolute atomic E-state index is 0.384. The van der Waals surface area contributed by atoms with E-state index in [0.717, 1.165) is 5.56 Å². The van der Waals surface area contributed by atoms with Gasteiger partial charge in [-0.2, -0.15) is 9.98 Å². The van der Waals surface area contributed by atoms with Crippen molar-refractivity contribution >= 4 is 42.6 Å². The minimum atomic E-state index is -2.26. The van der Waals surface area contributed by atoms with Gasteiger partial charge in [0.15, 0.2) is 0 Å². The molecule has 0 fully saturated rings. The highest BCUT2D eigenvalue weighted by molar-refractivity contribution is 8.15. The van der Waals surface area contributed by atoms with E-state index in [2.05, 4.69) is 56.7 Å². The molecule has 0 saturated heterocycles. The van der Waals surface area contributed by atoms with E-state index in [0.29, 0.717) is 61.8 Å². The second-order valence-corrected chi connectivity index (χ2v) is 16.7. The highest BCUT2D eigenvalue weighted by Gasteiger charge is 2.47. The third-order valence-electron chi connectivity index (χ3n) is 7.05. The lowest BCUT2D eigenvalue weighted by molar-refractivity contribution is 0.183. The van der Waals surface area contributed by atoms with Gasteiger partial charge in [0.2, 0.25) is 11.7 Å². The van der Waals surface area contributed by atoms with E-state index in [9.17, 15) is 4.79 Å². The van der Waals surface area contributed by atoms with Crippen LogP contribution in [0, 0.1) is 6.92 Å². The zero-order valence-electron chi connectivity index (χ0n) is 25.5. The van der Waals surface area contributed by atoms with Crippen molar-refractivity contribution in [2.75, 3.05) is 20.5 Å². The number of carbonyl (C=O) groups is 1. The number of aryl methyl sites for hydroxylation is 1. The van der Waals surface area contributed by atoms with Crippen molar-refractivity contribution in [3.63, 3.8) is 0 Å². The van der Waals surface area contributed by atoms with Crippen molar-refractivity contribution in [3.8, 4) is 22.9 Å². The zero-order valence-corrected chi connectivity index (χ0v) is 27.3. The van der Waals surface area contributed by atoms with E-state index >= 15 is 0 Å². The maximum absolute atomic E-state index is 12.2. The van der Waals surface area contributed by atoms with Gasteiger partial charge in [-0.05, 0) is 59.3 Å². The average molecular weight is 597 g/mol. The zero-order chi connectivity index (χ0) is 30.3. The van der Waals surface area contributed by atoms with Gasteiger partial charge in [0, 0.05) is 24.1 Å². The van der Waals surface area contributed by atoms with Gasteiger partial charge in [0.05, 0.1) is 19.9 Å². The number of methoxy groups -OCH3 is 2. The summed E-state index contributed by atoms with van der Waals surface area (Å²) in [4.78, 5) is 25.6. The molecule has 220 valence electrons. The highest BCUT2D eigenvalue weighted by Crippen LogP contribution is 2.43. The molecule has 0 radical (unpaired) electrons. The fraction of sp³-hybridized carbons (Fsp3) is 0.433. The van der Waals surface area contributed by atoms with Crippen molar-refractivity contribution in [2.45, 2.75) is 65.1 Å². The summed E-state index contributed by atoms with van der Waals surface area (Å²) in [5, 5.41) is 4.38. The first-order valence-corrected chi connectivity index (χ1v) is 16.9. The standard InChI is InChI=1S/C30H40N4O5SSi/c1-18(2)41(19(3)4,20(5)6)39-26-16-23(15-25(17-26)36-8)27(29(40-10)33-30(35)37-9)32-24-13-11-22(12-14-24)28-31-21(7)38-34-28/h11-20H,1-10H3/b32-27-,33-29-. The predicted octanol–water partition coefficient (Wildman–Crippen LogP) is 8.26. The first-order chi connectivity index (χ1) is 19.4. The van der Waals surface area contributed by atoms with Crippen molar-refractivity contribution in [2.24, 2.45) is 9.98 Å². The number of hydrogen-bond acceptors (Lipinski definition) is 9. The van der Waals surface area contributed by atoms with Crippen LogP contribution in [-0.2, 0) is 4.74 Å². The van der Waals surface area contributed by atoms with Gasteiger partial charge in [-0.15, -0.1) is 11.8 Å². The summed E-state index contributed by atoms with van der Waals surface area (Å²) in [6, 6.07) is 13.2. The van der Waals surface area contributed by atoms with E-state index in [-0.39, 0.29) is 0 Å². The monoisotopic (exact) mass is 596 g/mol. The van der Waals surface area contributed by atoms with Gasteiger partial charge in [-0.25, -0.2) is 9.79 Å². The van der Waals surface area contributed by atoms with E-state index in [1.165, 1.54) is 18.9 Å². The molecule has 2 aromatic carbocycles. The lowest BCUT2D eigenvalue weighted by atomic mass is 10.1. The van der Waals surface area contributed by atoms with Crippen LogP contribution in [0.15, 0.2) is 57.0 Å². The fourth-order valence-electron chi connectivity index (χ4n) is 5.23. The molecule has 0 spiro atoms. The molecule has 41 heavy (non-hydrogen) atoms. The Labute approximate surface area is 247 Å². The lowest BCUT2D eigenvalue weighted by Gasteiger charge is -2.42. The first-order valence-electron chi connectivity index (χ1n) is 13.5. The van der Waals surface area contributed by atoms with E-state index < -0.39 is 14.4 Å². The second-order valence-electron chi connectivity index (χ2n) is 10.6. The smallest absolute Gasteiger partial charge is 0.434 e. The molecular formula is C30H40N4O5SSi. The molecule has 9 nitrogen and oxygen atoms in total. The molecule has 3 rings (SSSR count). The number of nitrogens with zero attached hydrogens (tertiary/aromatic N) is 4. The normalized spacial score (nSPS) is 12.8. The fourth-order valence-corrected chi connectivity index (χ4v) is 11.0. The molecule has 1 amide bonds. The molecule has 0 N–H and O–H groups in total. The molecule has 0 bridgehead atoms. The summed E-state index contributed by atoms with van der Waals surface area (Å²) in [6.07, 6.45) is 1.13. The van der Waals surface area contributed by atoms with Gasteiger partial charge < -0.3 is 18.4 Å². The van der Waals surface area contributed by atoms with Crippen molar-refractivity contribution < 1.29 is 23.2 Å². The van der Waals surface area contributed by atoms with Crippen LogP contribution in [-0.4, -0.2) is 55.8 Å². The molecule has 3 aromatic rings. The Bertz CT molecular complexity index is 1380. The first kappa shape index (κ1) is 32.1. The number of thioether (sulfide) groups is 1. The van der Waals surface area contributed by atoms with E-state index in [4.69, 9.17) is 23.4 Å². The van der Waals surface area contributed by atoms with Crippen molar-refractivity contribution in [1.29, 1.82) is 0 Å². The van der Waals surface area contributed by atoms with Crippen LogP contribution in [0.5, 0.6) is 11.5 Å². The van der Waals surface area contributed by atoms with Crippen LogP contribution in [0.2, 0.25) is 16.6 Å². The SMILES string of the molecule is COC(=O)/N=C(SC)/C(=N\c1ccc(-c2noc(C)n2)cc1)c1cc(OC)cc(O[Si](C(C)C)(C(C)C)C(C)C)c1. The quantitative estimate of drug-likeness (QED) is 0.131. The summed E-state index contributed by atoms with van der Waals surface area (Å²) < 4.78 is 22.6. The molecule has 0 aliphatic heterocycles. The van der Waals surface area contributed by atoms with Crippen LogP contribution >= 0.6 is 11.8 Å². The summed E-state index contributed by atoms with van der Waals surface area (Å²) in [5.74, 6) is 2.31. The van der Waals surface area contributed by atoms with Crippen LogP contribution in [0.25, 0.3) is 11.4 Å². The maximum atomic E-state index is 12.2. The Morgan fingerprint density at radius 1 is 0.951 bits per heavy atom. The second kappa shape index (κ2) is 14.0. The van der Waals surface area contributed by atoms with Crippen LogP contribution in [0.3, 0.4) is 0 Å². The Morgan fingerprint density at radius 2 is 1.56 bits per heavy atom. The summed E-state index contributed by atoms with van der Waals surface area (Å²) >= 11 is 1.30. The number of ether oxygens (including phenoxy) is 2. The lowest BCUT2D eigenvalue weighted by Crippen LogP contribution is -2.50. The molecule has 1 aromatic heterocycles. The van der Waals surface area contributed by atoms with Crippen LogP contribution in [0.4, 0.5) is 10.5 Å². The third-order valence-corrected chi connectivity index (χ3v) is 13.7. The average Bonchev–Trinajstić information content (AvgIpc) is 3.38. The summed E-state index contributed by atoms with van der Waals surface area (Å²) in [6.45, 7) is 15.2. The maximum Gasteiger partial charge on any atom is 0.434 e.